The van der Waals surface area contributed by atoms with Gasteiger partial charge in [0.05, 0.1) is 6.61 Å². The van der Waals surface area contributed by atoms with E-state index in [-0.39, 0.29) is 0 Å². The molecule has 1 aromatic carbocycles. The number of benzene rings is 1. The maximum absolute atomic E-state index is 10.7. The number of aromatic nitrogens is 1. The molecule has 0 spiro atoms. The summed E-state index contributed by atoms with van der Waals surface area (Å²) in [4.78, 5) is 3.96. The first-order valence-corrected chi connectivity index (χ1v) is 8.64. The van der Waals surface area contributed by atoms with Crippen molar-refractivity contribution in [2.45, 2.75) is 43.5 Å². The maximum atomic E-state index is 10.7. The summed E-state index contributed by atoms with van der Waals surface area (Å²) < 4.78 is 5.45. The van der Waals surface area contributed by atoms with Gasteiger partial charge in [-0.25, -0.2) is 4.98 Å². The van der Waals surface area contributed by atoms with E-state index in [1.54, 1.807) is 31.3 Å². The van der Waals surface area contributed by atoms with E-state index >= 15 is 0 Å². The predicted molar refractivity (Wildman–Crippen MR) is 97.5 cm³/mol. The molecular formula is C19H24N2O6. The third-order valence-corrected chi connectivity index (χ3v) is 4.94. The van der Waals surface area contributed by atoms with Crippen molar-refractivity contribution >= 4 is 5.82 Å². The predicted octanol–water partition coefficient (Wildman–Crippen LogP) is -0.485. The summed E-state index contributed by atoms with van der Waals surface area (Å²) in [6.45, 7) is 1.26. The minimum absolute atomic E-state index is 0.399. The molecule has 2 aromatic rings. The van der Waals surface area contributed by atoms with Crippen LogP contribution in [0.2, 0.25) is 0 Å². The molecule has 1 saturated heterocycles. The summed E-state index contributed by atoms with van der Waals surface area (Å²) in [5.41, 5.74) is 8.72. The van der Waals surface area contributed by atoms with Crippen LogP contribution in [0.4, 0.5) is 5.82 Å². The Bertz CT molecular complexity index is 800. The number of rotatable bonds is 4. The lowest BCUT2D eigenvalue weighted by atomic mass is 9.88. The zero-order chi connectivity index (χ0) is 19.7. The molecule has 1 aromatic heterocycles. The van der Waals surface area contributed by atoms with Crippen LogP contribution in [0.15, 0.2) is 36.5 Å². The van der Waals surface area contributed by atoms with E-state index in [0.29, 0.717) is 11.4 Å². The number of nitrogens with zero attached hydrogens (tertiary/aromatic N) is 1. The van der Waals surface area contributed by atoms with Crippen molar-refractivity contribution in [3.05, 3.63) is 47.7 Å². The van der Waals surface area contributed by atoms with Crippen molar-refractivity contribution in [3.63, 3.8) is 0 Å². The average Bonchev–Trinajstić information content (AvgIpc) is 2.66. The number of hydrogen-bond acceptors (Lipinski definition) is 8. The minimum atomic E-state index is -1.53. The Kier molecular flexibility index (Phi) is 5.75. The molecule has 0 unspecified atom stereocenters. The summed E-state index contributed by atoms with van der Waals surface area (Å²) in [7, 11) is 0. The topological polar surface area (TPSA) is 149 Å². The highest BCUT2D eigenvalue weighted by Crippen LogP contribution is 2.33. The smallest absolute Gasteiger partial charge is 0.123 e. The fourth-order valence-corrected chi connectivity index (χ4v) is 3.38. The maximum Gasteiger partial charge on any atom is 0.123 e. The normalized spacial score (nSPS) is 29.5. The van der Waals surface area contributed by atoms with E-state index in [0.717, 1.165) is 16.7 Å². The van der Waals surface area contributed by atoms with E-state index < -0.39 is 43.2 Å². The van der Waals surface area contributed by atoms with Crippen LogP contribution in [0.5, 0.6) is 0 Å². The molecule has 0 aliphatic carbocycles. The second-order valence-electron chi connectivity index (χ2n) is 6.78. The summed E-state index contributed by atoms with van der Waals surface area (Å²) >= 11 is 0. The molecule has 1 aliphatic rings. The number of aliphatic hydroxyl groups excluding tert-OH is 5. The summed E-state index contributed by atoms with van der Waals surface area (Å²) in [5, 5.41) is 50.0. The lowest BCUT2D eigenvalue weighted by Gasteiger charge is -2.42. The molecule has 1 aliphatic heterocycles. The number of aryl methyl sites for hydroxylation is 1. The highest BCUT2D eigenvalue weighted by atomic mass is 16.6. The summed E-state index contributed by atoms with van der Waals surface area (Å²) in [6.07, 6.45) is -6.41. The van der Waals surface area contributed by atoms with E-state index in [2.05, 4.69) is 4.98 Å². The molecule has 0 radical (unpaired) electrons. The van der Waals surface area contributed by atoms with Gasteiger partial charge in [0.2, 0.25) is 0 Å². The number of nitrogens with two attached hydrogens (primary N) is 1. The van der Waals surface area contributed by atoms with E-state index in [1.807, 2.05) is 12.1 Å². The number of ether oxygens (including phenoxy) is 1. The van der Waals surface area contributed by atoms with Gasteiger partial charge in [-0.1, -0.05) is 18.2 Å². The van der Waals surface area contributed by atoms with E-state index in [9.17, 15) is 25.5 Å². The van der Waals surface area contributed by atoms with E-state index in [1.165, 1.54) is 0 Å². The van der Waals surface area contributed by atoms with Crippen molar-refractivity contribution in [2.24, 2.45) is 0 Å². The SMILES string of the molecule is Cc1cc(-c2ccnc(N)c2)ccc1[C@@H](O)[C@H]1O[C@H](CO)[C@@H](O)[C@H](O)[C@@H]1O. The Morgan fingerprint density at radius 1 is 1.07 bits per heavy atom. The molecular weight excluding hydrogens is 352 g/mol. The van der Waals surface area contributed by atoms with Crippen LogP contribution >= 0.6 is 0 Å². The summed E-state index contributed by atoms with van der Waals surface area (Å²) in [6, 6.07) is 8.91. The van der Waals surface area contributed by atoms with Crippen molar-refractivity contribution in [1.82, 2.24) is 4.98 Å². The monoisotopic (exact) mass is 376 g/mol. The van der Waals surface area contributed by atoms with Crippen LogP contribution in [0.1, 0.15) is 17.2 Å². The molecule has 146 valence electrons. The molecule has 8 heteroatoms. The molecule has 0 saturated carbocycles. The largest absolute Gasteiger partial charge is 0.394 e. The molecule has 7 N–H and O–H groups in total. The molecule has 3 rings (SSSR count). The van der Waals surface area contributed by atoms with Gasteiger partial charge >= 0.3 is 0 Å². The number of pyridine rings is 1. The van der Waals surface area contributed by atoms with Gasteiger partial charge in [0.25, 0.3) is 0 Å². The van der Waals surface area contributed by atoms with Crippen molar-refractivity contribution < 1.29 is 30.3 Å². The second kappa shape index (κ2) is 7.89. The van der Waals surface area contributed by atoms with Crippen LogP contribution in [-0.2, 0) is 4.74 Å². The average molecular weight is 376 g/mol. The Balaban J connectivity index is 1.87. The summed E-state index contributed by atoms with van der Waals surface area (Å²) in [5.74, 6) is 0.399. The zero-order valence-electron chi connectivity index (χ0n) is 14.8. The quantitative estimate of drug-likeness (QED) is 0.419. The number of hydrogen-bond donors (Lipinski definition) is 6. The number of anilines is 1. The molecule has 0 amide bonds. The number of nitrogen functional groups attached to an aromatic ring is 1. The van der Waals surface area contributed by atoms with Gasteiger partial charge in [-0.05, 0) is 41.3 Å². The number of aliphatic hydroxyl groups is 5. The van der Waals surface area contributed by atoms with Crippen LogP contribution in [0.25, 0.3) is 11.1 Å². The van der Waals surface area contributed by atoms with Gasteiger partial charge in [0.1, 0.15) is 42.4 Å². The van der Waals surface area contributed by atoms with Crippen molar-refractivity contribution in [3.8, 4) is 11.1 Å². The Morgan fingerprint density at radius 2 is 1.78 bits per heavy atom. The fraction of sp³-hybridized carbons (Fsp3) is 0.421. The molecule has 27 heavy (non-hydrogen) atoms. The van der Waals surface area contributed by atoms with Gasteiger partial charge in [-0.2, -0.15) is 0 Å². The minimum Gasteiger partial charge on any atom is -0.394 e. The first-order chi connectivity index (χ1) is 12.8. The van der Waals surface area contributed by atoms with Crippen LogP contribution in [0, 0.1) is 6.92 Å². The van der Waals surface area contributed by atoms with Gasteiger partial charge < -0.3 is 36.0 Å². The first kappa shape index (κ1) is 19.7. The van der Waals surface area contributed by atoms with Gasteiger partial charge in [0, 0.05) is 6.20 Å². The van der Waals surface area contributed by atoms with Crippen LogP contribution in [0.3, 0.4) is 0 Å². The highest BCUT2D eigenvalue weighted by molar-refractivity contribution is 5.67. The zero-order valence-corrected chi connectivity index (χ0v) is 14.8. The Morgan fingerprint density at radius 3 is 2.41 bits per heavy atom. The van der Waals surface area contributed by atoms with Crippen LogP contribution < -0.4 is 5.73 Å². The third kappa shape index (κ3) is 3.81. The second-order valence-corrected chi connectivity index (χ2v) is 6.78. The molecule has 8 nitrogen and oxygen atoms in total. The molecule has 6 atom stereocenters. The fourth-order valence-electron chi connectivity index (χ4n) is 3.38. The van der Waals surface area contributed by atoms with Gasteiger partial charge in [-0.15, -0.1) is 0 Å². The van der Waals surface area contributed by atoms with Crippen molar-refractivity contribution in [2.75, 3.05) is 12.3 Å². The Hall–Kier alpha value is -2.07. The first-order valence-electron chi connectivity index (χ1n) is 8.64. The van der Waals surface area contributed by atoms with E-state index in [4.69, 9.17) is 10.5 Å². The molecule has 0 bridgehead atoms. The lowest BCUT2D eigenvalue weighted by molar-refractivity contribution is -0.250. The lowest BCUT2D eigenvalue weighted by Crippen LogP contribution is -2.59. The van der Waals surface area contributed by atoms with Gasteiger partial charge in [0.15, 0.2) is 0 Å². The highest BCUT2D eigenvalue weighted by Gasteiger charge is 2.46. The molecule has 2 heterocycles. The third-order valence-electron chi connectivity index (χ3n) is 4.94. The van der Waals surface area contributed by atoms with Crippen molar-refractivity contribution in [1.29, 1.82) is 0 Å². The molecule has 1 fully saturated rings. The van der Waals surface area contributed by atoms with Gasteiger partial charge in [-0.3, -0.25) is 0 Å². The Labute approximate surface area is 156 Å². The van der Waals surface area contributed by atoms with Crippen LogP contribution in [-0.4, -0.2) is 67.6 Å². The standard InChI is InChI=1S/C19H24N2O6/c1-9-6-10(11-4-5-21-14(20)7-11)2-3-12(9)15(23)19-18(26)17(25)16(24)13(8-22)27-19/h2-7,13,15-19,22-26H,8H2,1H3,(H2,20,21)/t13-,15-,16-,17+,18+,19-/m1/s1.